The minimum atomic E-state index is -0.752. The van der Waals surface area contributed by atoms with Crippen molar-refractivity contribution in [2.45, 2.75) is 40.0 Å². The predicted molar refractivity (Wildman–Crippen MR) is 53.5 cm³/mol. The van der Waals surface area contributed by atoms with Gasteiger partial charge in [0.2, 0.25) is 0 Å². The Morgan fingerprint density at radius 1 is 1.54 bits per heavy atom. The molecule has 0 aliphatic rings. The summed E-state index contributed by atoms with van der Waals surface area (Å²) in [5, 5.41) is 9.09. The molecular weight excluding hydrogens is 166 g/mol. The first-order valence-electron chi connectivity index (χ1n) is 4.95. The number of carbonyl (C=O) groups is 1. The van der Waals surface area contributed by atoms with Crippen LogP contribution >= 0.6 is 0 Å². The fourth-order valence-corrected chi connectivity index (χ4v) is 1.51. The summed E-state index contributed by atoms with van der Waals surface area (Å²) in [6.45, 7) is 6.28. The van der Waals surface area contributed by atoms with Crippen LogP contribution in [0.15, 0.2) is 0 Å². The van der Waals surface area contributed by atoms with Crippen LogP contribution in [0.25, 0.3) is 0 Å². The fourth-order valence-electron chi connectivity index (χ4n) is 1.51. The van der Waals surface area contributed by atoms with E-state index in [9.17, 15) is 4.79 Å². The van der Waals surface area contributed by atoms with Gasteiger partial charge >= 0.3 is 5.97 Å². The van der Waals surface area contributed by atoms with E-state index in [2.05, 4.69) is 13.8 Å². The first-order chi connectivity index (χ1) is 6.02. The molecule has 3 heteroatoms. The van der Waals surface area contributed by atoms with Crippen molar-refractivity contribution >= 4 is 5.97 Å². The summed E-state index contributed by atoms with van der Waals surface area (Å²) in [5.74, 6) is -0.322. The van der Waals surface area contributed by atoms with Crippen LogP contribution in [0.2, 0.25) is 0 Å². The maximum atomic E-state index is 11.1. The molecule has 2 atom stereocenters. The van der Waals surface area contributed by atoms with E-state index in [0.29, 0.717) is 18.8 Å². The average Bonchev–Trinajstić information content (AvgIpc) is 2.13. The average molecular weight is 187 g/mol. The van der Waals surface area contributed by atoms with Crippen LogP contribution in [-0.4, -0.2) is 17.6 Å². The van der Waals surface area contributed by atoms with Crippen LogP contribution in [0.4, 0.5) is 0 Å². The van der Waals surface area contributed by atoms with Gasteiger partial charge in [0, 0.05) is 6.54 Å². The van der Waals surface area contributed by atoms with Crippen molar-refractivity contribution in [2.24, 2.45) is 17.1 Å². The molecule has 0 aromatic rings. The van der Waals surface area contributed by atoms with Gasteiger partial charge in [0.1, 0.15) is 0 Å². The third kappa shape index (κ3) is 2.99. The summed E-state index contributed by atoms with van der Waals surface area (Å²) in [6.07, 6.45) is 2.31. The number of hydrogen-bond donors (Lipinski definition) is 2. The first-order valence-corrected chi connectivity index (χ1v) is 4.95. The highest BCUT2D eigenvalue weighted by atomic mass is 16.4. The highest BCUT2D eigenvalue weighted by Crippen LogP contribution is 2.30. The summed E-state index contributed by atoms with van der Waals surface area (Å²) in [5.41, 5.74) is 4.84. The van der Waals surface area contributed by atoms with E-state index in [4.69, 9.17) is 10.8 Å². The zero-order valence-electron chi connectivity index (χ0n) is 8.84. The van der Waals surface area contributed by atoms with Crippen molar-refractivity contribution in [3.05, 3.63) is 0 Å². The molecule has 78 valence electrons. The smallest absolute Gasteiger partial charge is 0.310 e. The van der Waals surface area contributed by atoms with Crippen LogP contribution in [0.3, 0.4) is 0 Å². The van der Waals surface area contributed by atoms with Crippen molar-refractivity contribution in [1.29, 1.82) is 0 Å². The molecule has 0 amide bonds. The molecule has 0 heterocycles. The van der Waals surface area contributed by atoms with Crippen LogP contribution in [0.1, 0.15) is 40.0 Å². The summed E-state index contributed by atoms with van der Waals surface area (Å²) in [7, 11) is 0. The molecule has 2 unspecified atom stereocenters. The van der Waals surface area contributed by atoms with Gasteiger partial charge in [-0.05, 0) is 18.8 Å². The molecule has 0 fully saturated rings. The summed E-state index contributed by atoms with van der Waals surface area (Å²) in [6, 6.07) is 0. The second-order valence-electron chi connectivity index (χ2n) is 3.86. The number of hydrogen-bond acceptors (Lipinski definition) is 2. The van der Waals surface area contributed by atoms with Gasteiger partial charge in [-0.1, -0.05) is 27.2 Å². The van der Waals surface area contributed by atoms with Gasteiger partial charge in [0.05, 0.1) is 5.41 Å². The SMILES string of the molecule is CCC(C)CC(CC)(CN)C(=O)O. The molecule has 0 aromatic carbocycles. The topological polar surface area (TPSA) is 63.3 Å². The number of nitrogens with two attached hydrogens (primary N) is 1. The lowest BCUT2D eigenvalue weighted by Crippen LogP contribution is -2.39. The molecule has 0 aromatic heterocycles. The van der Waals surface area contributed by atoms with Crippen LogP contribution in [0.5, 0.6) is 0 Å². The van der Waals surface area contributed by atoms with Gasteiger partial charge in [0.15, 0.2) is 0 Å². The Kier molecular flexibility index (Phi) is 4.99. The van der Waals surface area contributed by atoms with Crippen molar-refractivity contribution in [3.63, 3.8) is 0 Å². The van der Waals surface area contributed by atoms with E-state index in [1.54, 1.807) is 0 Å². The van der Waals surface area contributed by atoms with Gasteiger partial charge in [-0.25, -0.2) is 0 Å². The normalized spacial score (nSPS) is 17.8. The molecule has 0 rings (SSSR count). The second-order valence-corrected chi connectivity index (χ2v) is 3.86. The lowest BCUT2D eigenvalue weighted by atomic mass is 9.77. The third-order valence-corrected chi connectivity index (χ3v) is 2.96. The lowest BCUT2D eigenvalue weighted by Gasteiger charge is -2.29. The van der Waals surface area contributed by atoms with E-state index < -0.39 is 11.4 Å². The summed E-state index contributed by atoms with van der Waals surface area (Å²) >= 11 is 0. The van der Waals surface area contributed by atoms with E-state index in [1.165, 1.54) is 0 Å². The Morgan fingerprint density at radius 2 is 2.08 bits per heavy atom. The second kappa shape index (κ2) is 5.22. The molecule has 0 spiro atoms. The standard InChI is InChI=1S/C10H21NO2/c1-4-8(3)6-10(5-2,7-11)9(12)13/h8H,4-7,11H2,1-3H3,(H,12,13). The maximum Gasteiger partial charge on any atom is 0.310 e. The Hall–Kier alpha value is -0.570. The highest BCUT2D eigenvalue weighted by molar-refractivity contribution is 5.74. The van der Waals surface area contributed by atoms with E-state index >= 15 is 0 Å². The summed E-state index contributed by atoms with van der Waals surface area (Å²) < 4.78 is 0. The third-order valence-electron chi connectivity index (χ3n) is 2.96. The van der Waals surface area contributed by atoms with Crippen molar-refractivity contribution in [2.75, 3.05) is 6.54 Å². The van der Waals surface area contributed by atoms with Gasteiger partial charge in [0.25, 0.3) is 0 Å². The zero-order chi connectivity index (χ0) is 10.5. The lowest BCUT2D eigenvalue weighted by molar-refractivity contribution is -0.149. The first kappa shape index (κ1) is 12.4. The van der Waals surface area contributed by atoms with Crippen molar-refractivity contribution in [1.82, 2.24) is 0 Å². The van der Waals surface area contributed by atoms with Crippen LogP contribution in [-0.2, 0) is 4.79 Å². The minimum Gasteiger partial charge on any atom is -0.481 e. The van der Waals surface area contributed by atoms with Crippen molar-refractivity contribution < 1.29 is 9.90 Å². The maximum absolute atomic E-state index is 11.1. The number of rotatable bonds is 6. The number of aliphatic carboxylic acids is 1. The monoisotopic (exact) mass is 187 g/mol. The quantitative estimate of drug-likeness (QED) is 0.667. The fraction of sp³-hybridized carbons (Fsp3) is 0.900. The highest BCUT2D eigenvalue weighted by Gasteiger charge is 2.36. The molecule has 0 aliphatic heterocycles. The van der Waals surface area contributed by atoms with Gasteiger partial charge in [-0.3, -0.25) is 4.79 Å². The predicted octanol–water partition coefficient (Wildman–Crippen LogP) is 1.86. The van der Waals surface area contributed by atoms with E-state index in [1.807, 2.05) is 6.92 Å². The van der Waals surface area contributed by atoms with E-state index in [-0.39, 0.29) is 6.54 Å². The molecule has 0 radical (unpaired) electrons. The molecule has 0 saturated carbocycles. The summed E-state index contributed by atoms with van der Waals surface area (Å²) in [4.78, 5) is 11.1. The molecule has 3 N–H and O–H groups in total. The molecule has 13 heavy (non-hydrogen) atoms. The van der Waals surface area contributed by atoms with Gasteiger partial charge in [-0.15, -0.1) is 0 Å². The van der Waals surface area contributed by atoms with Crippen LogP contribution < -0.4 is 5.73 Å². The Morgan fingerprint density at radius 3 is 2.31 bits per heavy atom. The minimum absolute atomic E-state index is 0.239. The molecule has 0 aliphatic carbocycles. The molecule has 3 nitrogen and oxygen atoms in total. The molecule has 0 bridgehead atoms. The number of carboxylic acids is 1. The molecular formula is C10H21NO2. The Labute approximate surface area is 80.3 Å². The van der Waals surface area contributed by atoms with Gasteiger partial charge in [-0.2, -0.15) is 0 Å². The van der Waals surface area contributed by atoms with Gasteiger partial charge < -0.3 is 10.8 Å². The largest absolute Gasteiger partial charge is 0.481 e. The Balaban J connectivity index is 4.48. The molecule has 0 saturated heterocycles. The van der Waals surface area contributed by atoms with E-state index in [0.717, 1.165) is 6.42 Å². The zero-order valence-corrected chi connectivity index (χ0v) is 8.84. The van der Waals surface area contributed by atoms with Crippen molar-refractivity contribution in [3.8, 4) is 0 Å². The Bertz CT molecular complexity index is 164. The van der Waals surface area contributed by atoms with Crippen LogP contribution in [0, 0.1) is 11.3 Å². The number of carboxylic acid groups (broad SMARTS) is 1.